The van der Waals surface area contributed by atoms with E-state index in [1.54, 1.807) is 28.6 Å². The summed E-state index contributed by atoms with van der Waals surface area (Å²) in [6, 6.07) is 8.74. The minimum atomic E-state index is -3.37. The molecule has 2 heterocycles. The topological polar surface area (TPSA) is 65.0 Å². The van der Waals surface area contributed by atoms with Crippen LogP contribution in [0.2, 0.25) is 0 Å². The average molecular weight is 407 g/mol. The van der Waals surface area contributed by atoms with Crippen molar-refractivity contribution >= 4 is 16.0 Å². The zero-order valence-corrected chi connectivity index (χ0v) is 18.2. The zero-order valence-electron chi connectivity index (χ0n) is 17.3. The maximum Gasteiger partial charge on any atom is 0.243 e. The number of nitrogens with one attached hydrogen (secondary N) is 1. The Morgan fingerprint density at radius 3 is 2.29 bits per heavy atom. The number of hydrogen-bond acceptors (Lipinski definition) is 3. The van der Waals surface area contributed by atoms with Crippen molar-refractivity contribution in [3.8, 4) is 0 Å². The third-order valence-corrected chi connectivity index (χ3v) is 7.80. The number of piperidine rings is 2. The van der Waals surface area contributed by atoms with Crippen molar-refractivity contribution in [3.63, 3.8) is 0 Å². The summed E-state index contributed by atoms with van der Waals surface area (Å²) >= 11 is 0. The predicted octanol–water partition coefficient (Wildman–Crippen LogP) is 2.64. The molecule has 2 unspecified atom stereocenters. The van der Waals surface area contributed by atoms with Crippen LogP contribution in [0.15, 0.2) is 40.2 Å². The van der Waals surface area contributed by atoms with E-state index in [1.807, 2.05) is 13.1 Å². The lowest BCUT2D eigenvalue weighted by atomic mass is 9.92. The van der Waals surface area contributed by atoms with Crippen LogP contribution in [-0.4, -0.2) is 63.4 Å². The second-order valence-corrected chi connectivity index (χ2v) is 10.4. The van der Waals surface area contributed by atoms with Crippen LogP contribution in [0.1, 0.15) is 33.1 Å². The molecule has 1 aromatic rings. The summed E-state index contributed by atoms with van der Waals surface area (Å²) in [5.41, 5.74) is 0. The van der Waals surface area contributed by atoms with Gasteiger partial charge in [-0.2, -0.15) is 4.31 Å². The summed E-state index contributed by atoms with van der Waals surface area (Å²) in [4.78, 5) is 7.24. The van der Waals surface area contributed by atoms with Crippen LogP contribution in [0.5, 0.6) is 0 Å². The van der Waals surface area contributed by atoms with E-state index >= 15 is 0 Å². The molecule has 2 saturated heterocycles. The molecular weight excluding hydrogens is 372 g/mol. The van der Waals surface area contributed by atoms with Gasteiger partial charge in [0.25, 0.3) is 0 Å². The second-order valence-electron chi connectivity index (χ2n) is 8.44. The Morgan fingerprint density at radius 1 is 1.11 bits per heavy atom. The number of aliphatic imine (C=N–C) groups is 1. The lowest BCUT2D eigenvalue weighted by molar-refractivity contribution is 0.206. The highest BCUT2D eigenvalue weighted by Crippen LogP contribution is 2.24. The van der Waals surface area contributed by atoms with Gasteiger partial charge in [0.1, 0.15) is 0 Å². The molecule has 0 amide bonds. The molecule has 0 saturated carbocycles. The minimum absolute atomic E-state index is 0.389. The Morgan fingerprint density at radius 2 is 1.71 bits per heavy atom. The smallest absolute Gasteiger partial charge is 0.243 e. The van der Waals surface area contributed by atoms with Gasteiger partial charge >= 0.3 is 0 Å². The van der Waals surface area contributed by atoms with Crippen molar-refractivity contribution in [1.82, 2.24) is 14.5 Å². The number of hydrogen-bond donors (Lipinski definition) is 1. The standard InChI is InChI=1S/C21H34N4O2S/c1-17-13-18(2)16-24(15-17)21(22-3)23-14-19-9-11-25(12-10-19)28(26,27)20-7-5-4-6-8-20/h4-8,17-19H,9-16H2,1-3H3,(H,22,23). The van der Waals surface area contributed by atoms with Gasteiger partial charge in [-0.15, -0.1) is 0 Å². The Balaban J connectivity index is 1.50. The van der Waals surface area contributed by atoms with Gasteiger partial charge in [-0.25, -0.2) is 8.42 Å². The zero-order chi connectivity index (χ0) is 20.1. The predicted molar refractivity (Wildman–Crippen MR) is 114 cm³/mol. The van der Waals surface area contributed by atoms with Crippen LogP contribution in [0.3, 0.4) is 0 Å². The van der Waals surface area contributed by atoms with Crippen LogP contribution >= 0.6 is 0 Å². The quantitative estimate of drug-likeness (QED) is 0.617. The molecule has 1 N–H and O–H groups in total. The molecule has 0 spiro atoms. The van der Waals surface area contributed by atoms with Crippen LogP contribution in [0.4, 0.5) is 0 Å². The molecule has 0 bridgehead atoms. The van der Waals surface area contributed by atoms with Crippen LogP contribution in [-0.2, 0) is 10.0 Å². The Kier molecular flexibility index (Phi) is 6.99. The highest BCUT2D eigenvalue weighted by molar-refractivity contribution is 7.89. The van der Waals surface area contributed by atoms with Gasteiger partial charge < -0.3 is 10.2 Å². The summed E-state index contributed by atoms with van der Waals surface area (Å²) in [5.74, 6) is 2.83. The summed E-state index contributed by atoms with van der Waals surface area (Å²) in [6.07, 6.45) is 3.04. The largest absolute Gasteiger partial charge is 0.356 e. The monoisotopic (exact) mass is 406 g/mol. The molecule has 2 atom stereocenters. The lowest BCUT2D eigenvalue weighted by Crippen LogP contribution is -2.50. The van der Waals surface area contributed by atoms with Gasteiger partial charge in [0.05, 0.1) is 4.90 Å². The summed E-state index contributed by atoms with van der Waals surface area (Å²) in [5, 5.41) is 3.54. The van der Waals surface area contributed by atoms with E-state index in [-0.39, 0.29) is 0 Å². The fourth-order valence-corrected chi connectivity index (χ4v) is 5.99. The molecule has 2 aliphatic heterocycles. The first-order valence-electron chi connectivity index (χ1n) is 10.4. The molecule has 2 fully saturated rings. The molecule has 0 aliphatic carbocycles. The third-order valence-electron chi connectivity index (χ3n) is 5.88. The molecule has 0 radical (unpaired) electrons. The number of sulfonamides is 1. The first-order chi connectivity index (χ1) is 13.4. The van der Waals surface area contributed by atoms with Crippen molar-refractivity contribution < 1.29 is 8.42 Å². The number of rotatable bonds is 4. The number of guanidine groups is 1. The summed E-state index contributed by atoms with van der Waals surface area (Å²) in [7, 11) is -1.52. The lowest BCUT2D eigenvalue weighted by Gasteiger charge is -2.38. The van der Waals surface area contributed by atoms with E-state index in [2.05, 4.69) is 29.1 Å². The minimum Gasteiger partial charge on any atom is -0.356 e. The molecule has 0 aromatic heterocycles. The number of likely N-dealkylation sites (tertiary alicyclic amines) is 1. The Hall–Kier alpha value is -1.60. The van der Waals surface area contributed by atoms with Crippen molar-refractivity contribution in [3.05, 3.63) is 30.3 Å². The average Bonchev–Trinajstić information content (AvgIpc) is 2.69. The SMILES string of the molecule is CN=C(NCC1CCN(S(=O)(=O)c2ccccc2)CC1)N1CC(C)CC(C)C1. The fraction of sp³-hybridized carbons (Fsp3) is 0.667. The molecule has 6 nitrogen and oxygen atoms in total. The molecule has 2 aliphatic rings. The summed E-state index contributed by atoms with van der Waals surface area (Å²) < 4.78 is 27.1. The molecule has 3 rings (SSSR count). The number of nitrogens with zero attached hydrogens (tertiary/aromatic N) is 3. The Bertz CT molecular complexity index is 748. The van der Waals surface area contributed by atoms with Crippen molar-refractivity contribution in [2.24, 2.45) is 22.7 Å². The van der Waals surface area contributed by atoms with Gasteiger partial charge in [0.2, 0.25) is 10.0 Å². The van der Waals surface area contributed by atoms with Crippen LogP contribution < -0.4 is 5.32 Å². The fourth-order valence-electron chi connectivity index (χ4n) is 4.50. The van der Waals surface area contributed by atoms with E-state index < -0.39 is 10.0 Å². The first-order valence-corrected chi connectivity index (χ1v) is 11.8. The highest BCUT2D eigenvalue weighted by Gasteiger charge is 2.30. The molecular formula is C21H34N4O2S. The molecule has 156 valence electrons. The first kappa shape index (κ1) is 21.1. The van der Waals surface area contributed by atoms with Gasteiger partial charge in [-0.1, -0.05) is 32.0 Å². The van der Waals surface area contributed by atoms with Crippen molar-refractivity contribution in [2.45, 2.75) is 38.0 Å². The summed E-state index contributed by atoms with van der Waals surface area (Å²) in [6.45, 7) is 8.73. The van der Waals surface area contributed by atoms with Crippen molar-refractivity contribution in [1.29, 1.82) is 0 Å². The normalized spacial score (nSPS) is 25.7. The third kappa shape index (κ3) is 5.06. The molecule has 1 aromatic carbocycles. The van der Waals surface area contributed by atoms with Crippen LogP contribution in [0.25, 0.3) is 0 Å². The highest BCUT2D eigenvalue weighted by atomic mass is 32.2. The number of benzene rings is 1. The Labute approximate surface area is 170 Å². The maximum absolute atomic E-state index is 12.8. The van der Waals surface area contributed by atoms with E-state index in [0.29, 0.717) is 35.7 Å². The van der Waals surface area contributed by atoms with E-state index in [0.717, 1.165) is 38.4 Å². The van der Waals surface area contributed by atoms with Gasteiger partial charge in [-0.05, 0) is 49.1 Å². The van der Waals surface area contributed by atoms with Crippen LogP contribution in [0, 0.1) is 17.8 Å². The van der Waals surface area contributed by atoms with E-state index in [4.69, 9.17) is 0 Å². The molecule has 28 heavy (non-hydrogen) atoms. The van der Waals surface area contributed by atoms with E-state index in [1.165, 1.54) is 6.42 Å². The van der Waals surface area contributed by atoms with Crippen molar-refractivity contribution in [2.75, 3.05) is 39.8 Å². The van der Waals surface area contributed by atoms with Gasteiger partial charge in [-0.3, -0.25) is 4.99 Å². The second kappa shape index (κ2) is 9.27. The van der Waals surface area contributed by atoms with Gasteiger partial charge in [0, 0.05) is 39.8 Å². The maximum atomic E-state index is 12.8. The molecule has 7 heteroatoms. The van der Waals surface area contributed by atoms with E-state index in [9.17, 15) is 8.42 Å². The van der Waals surface area contributed by atoms with Gasteiger partial charge in [0.15, 0.2) is 5.96 Å².